The maximum atomic E-state index is 13.1. The number of nitrogens with one attached hydrogen (secondary N) is 1. The van der Waals surface area contributed by atoms with Crippen molar-refractivity contribution in [2.45, 2.75) is 69.9 Å². The highest BCUT2D eigenvalue weighted by Crippen LogP contribution is 2.31. The van der Waals surface area contributed by atoms with Gasteiger partial charge in [0.2, 0.25) is 0 Å². The molecule has 0 spiro atoms. The first kappa shape index (κ1) is 19.4. The molecule has 150 valence electrons. The number of carbonyl (C=O) groups excluding carboxylic acids is 2. The molecule has 0 bridgehead atoms. The molecule has 0 radical (unpaired) electrons. The summed E-state index contributed by atoms with van der Waals surface area (Å²) in [6.07, 6.45) is 5.80. The summed E-state index contributed by atoms with van der Waals surface area (Å²) in [5.41, 5.74) is 2.32. The third kappa shape index (κ3) is 3.69. The van der Waals surface area contributed by atoms with E-state index in [1.165, 1.54) is 0 Å². The Balaban J connectivity index is 1.55. The first-order valence-electron chi connectivity index (χ1n) is 10.4. The van der Waals surface area contributed by atoms with Gasteiger partial charge < -0.3 is 10.1 Å². The number of pyridine rings is 1. The molecule has 6 heteroatoms. The van der Waals surface area contributed by atoms with Gasteiger partial charge in [0.1, 0.15) is 5.54 Å². The second-order valence-electron chi connectivity index (χ2n) is 8.07. The molecule has 1 fully saturated rings. The number of rotatable bonds is 4. The minimum absolute atomic E-state index is 0.420. The van der Waals surface area contributed by atoms with Crippen molar-refractivity contribution in [3.8, 4) is 6.07 Å². The molecule has 0 unspecified atom stereocenters. The lowest BCUT2D eigenvalue weighted by Gasteiger charge is -2.32. The largest absolute Gasteiger partial charge is 0.449 e. The number of aryl methyl sites for hydroxylation is 1. The van der Waals surface area contributed by atoms with Crippen LogP contribution in [0, 0.1) is 11.3 Å². The molecule has 1 heterocycles. The van der Waals surface area contributed by atoms with Crippen LogP contribution >= 0.6 is 0 Å². The summed E-state index contributed by atoms with van der Waals surface area (Å²) in [6.45, 7) is 1.56. The van der Waals surface area contributed by atoms with Crippen LogP contribution in [0.25, 0.3) is 10.9 Å². The van der Waals surface area contributed by atoms with E-state index in [2.05, 4.69) is 16.4 Å². The number of fused-ring (bicyclic) bond motifs is 2. The minimum Gasteiger partial charge on any atom is -0.449 e. The van der Waals surface area contributed by atoms with Gasteiger partial charge in [-0.1, -0.05) is 37.5 Å². The molecule has 29 heavy (non-hydrogen) atoms. The van der Waals surface area contributed by atoms with Crippen LogP contribution < -0.4 is 5.32 Å². The Morgan fingerprint density at radius 2 is 1.93 bits per heavy atom. The zero-order valence-corrected chi connectivity index (χ0v) is 16.7. The van der Waals surface area contributed by atoms with Crippen molar-refractivity contribution < 1.29 is 14.3 Å². The van der Waals surface area contributed by atoms with Crippen molar-refractivity contribution in [1.29, 1.82) is 5.26 Å². The molecule has 0 aliphatic heterocycles. The van der Waals surface area contributed by atoms with Gasteiger partial charge in [0.25, 0.3) is 5.91 Å². The Bertz CT molecular complexity index is 1000. The number of ether oxygens (including phenoxy) is 1. The topological polar surface area (TPSA) is 92.1 Å². The number of amides is 1. The summed E-state index contributed by atoms with van der Waals surface area (Å²) in [5.74, 6) is -0.921. The van der Waals surface area contributed by atoms with Gasteiger partial charge in [-0.05, 0) is 50.7 Å². The number of aromatic nitrogens is 1. The highest BCUT2D eigenvalue weighted by Gasteiger charge is 2.36. The molecule has 1 saturated carbocycles. The van der Waals surface area contributed by atoms with Crippen molar-refractivity contribution >= 4 is 22.8 Å². The number of hydrogen-bond acceptors (Lipinski definition) is 5. The van der Waals surface area contributed by atoms with Gasteiger partial charge in [0.15, 0.2) is 6.10 Å². The number of hydrogen-bond donors (Lipinski definition) is 1. The van der Waals surface area contributed by atoms with Crippen LogP contribution in [-0.2, 0) is 22.4 Å². The van der Waals surface area contributed by atoms with E-state index in [1.54, 1.807) is 6.92 Å². The van der Waals surface area contributed by atoms with E-state index in [0.29, 0.717) is 18.4 Å². The summed E-state index contributed by atoms with van der Waals surface area (Å²) in [5, 5.41) is 13.2. The second kappa shape index (κ2) is 7.82. The van der Waals surface area contributed by atoms with E-state index in [9.17, 15) is 14.9 Å². The molecule has 2 aliphatic carbocycles. The number of carbonyl (C=O) groups is 2. The quantitative estimate of drug-likeness (QED) is 0.804. The molecule has 1 aromatic carbocycles. The lowest BCUT2D eigenvalue weighted by molar-refractivity contribution is -0.130. The fourth-order valence-electron chi connectivity index (χ4n) is 4.47. The number of para-hydroxylation sites is 1. The molecule has 0 saturated heterocycles. The fourth-order valence-corrected chi connectivity index (χ4v) is 4.47. The van der Waals surface area contributed by atoms with E-state index >= 15 is 0 Å². The third-order valence-corrected chi connectivity index (χ3v) is 6.06. The first-order chi connectivity index (χ1) is 14.0. The number of benzene rings is 1. The van der Waals surface area contributed by atoms with Crippen LogP contribution in [-0.4, -0.2) is 28.5 Å². The van der Waals surface area contributed by atoms with Gasteiger partial charge in [-0.3, -0.25) is 9.78 Å². The molecule has 1 atom stereocenters. The molecular formula is C23H25N3O3. The molecule has 1 amide bonds. The van der Waals surface area contributed by atoms with Crippen molar-refractivity contribution in [3.05, 3.63) is 41.1 Å². The average Bonchev–Trinajstić information content (AvgIpc) is 3.20. The molecule has 4 rings (SSSR count). The maximum absolute atomic E-state index is 13.1. The van der Waals surface area contributed by atoms with Crippen LogP contribution in [0.5, 0.6) is 0 Å². The van der Waals surface area contributed by atoms with Gasteiger partial charge in [-0.25, -0.2) is 4.79 Å². The Morgan fingerprint density at radius 1 is 1.17 bits per heavy atom. The van der Waals surface area contributed by atoms with E-state index in [0.717, 1.165) is 60.7 Å². The second-order valence-corrected chi connectivity index (χ2v) is 8.07. The molecule has 2 aliphatic rings. The van der Waals surface area contributed by atoms with E-state index in [1.807, 2.05) is 24.3 Å². The number of nitriles is 1. The normalized spacial score (nSPS) is 18.5. The van der Waals surface area contributed by atoms with E-state index in [-0.39, 0.29) is 0 Å². The smallest absolute Gasteiger partial charge is 0.339 e. The third-order valence-electron chi connectivity index (χ3n) is 6.06. The molecule has 6 nitrogen and oxygen atoms in total. The van der Waals surface area contributed by atoms with Gasteiger partial charge in [-0.15, -0.1) is 0 Å². The number of esters is 1. The summed E-state index contributed by atoms with van der Waals surface area (Å²) in [7, 11) is 0. The van der Waals surface area contributed by atoms with Crippen molar-refractivity contribution in [2.24, 2.45) is 0 Å². The summed E-state index contributed by atoms with van der Waals surface area (Å²) in [4.78, 5) is 30.5. The highest BCUT2D eigenvalue weighted by molar-refractivity contribution is 6.06. The molecule has 1 N–H and O–H groups in total. The van der Waals surface area contributed by atoms with Gasteiger partial charge in [0, 0.05) is 11.1 Å². The minimum atomic E-state index is -0.973. The Kier molecular flexibility index (Phi) is 5.23. The first-order valence-corrected chi connectivity index (χ1v) is 10.4. The Hall–Kier alpha value is -2.94. The van der Waals surface area contributed by atoms with Crippen molar-refractivity contribution in [1.82, 2.24) is 10.3 Å². The Labute approximate surface area is 170 Å². The van der Waals surface area contributed by atoms with Crippen LogP contribution in [0.1, 0.15) is 67.1 Å². The standard InChI is InChI=1S/C23H25N3O3/c1-15(21(27)26-23(14-24)12-5-2-6-13-23)29-22(28)20-16-8-3-4-10-18(16)25-19-11-7-9-17(19)20/h3-4,8,10,15H,2,5-7,9,11-13H2,1H3,(H,26,27)/t15-/m0/s1. The predicted octanol–water partition coefficient (Wildman–Crippen LogP) is 3.61. The van der Waals surface area contributed by atoms with Gasteiger partial charge >= 0.3 is 5.97 Å². The Morgan fingerprint density at radius 3 is 2.69 bits per heavy atom. The van der Waals surface area contributed by atoms with Crippen molar-refractivity contribution in [3.63, 3.8) is 0 Å². The summed E-state index contributed by atoms with van der Waals surface area (Å²) >= 11 is 0. The monoisotopic (exact) mass is 391 g/mol. The zero-order valence-electron chi connectivity index (χ0n) is 16.7. The predicted molar refractivity (Wildman–Crippen MR) is 108 cm³/mol. The van der Waals surface area contributed by atoms with Gasteiger partial charge in [0.05, 0.1) is 17.1 Å². The fraction of sp³-hybridized carbons (Fsp3) is 0.478. The lowest BCUT2D eigenvalue weighted by Crippen LogP contribution is -2.52. The lowest BCUT2D eigenvalue weighted by atomic mass is 9.83. The summed E-state index contributed by atoms with van der Waals surface area (Å²) in [6, 6.07) is 9.79. The van der Waals surface area contributed by atoms with Crippen LogP contribution in [0.4, 0.5) is 0 Å². The summed E-state index contributed by atoms with van der Waals surface area (Å²) < 4.78 is 5.57. The van der Waals surface area contributed by atoms with E-state index < -0.39 is 23.5 Å². The van der Waals surface area contributed by atoms with Crippen LogP contribution in [0.15, 0.2) is 24.3 Å². The van der Waals surface area contributed by atoms with Crippen molar-refractivity contribution in [2.75, 3.05) is 0 Å². The molecule has 1 aromatic heterocycles. The maximum Gasteiger partial charge on any atom is 0.339 e. The zero-order chi connectivity index (χ0) is 20.4. The molecular weight excluding hydrogens is 366 g/mol. The van der Waals surface area contributed by atoms with Gasteiger partial charge in [-0.2, -0.15) is 5.26 Å². The SMILES string of the molecule is C[C@H](OC(=O)c1c2c(nc3ccccc13)CCC2)C(=O)NC1(C#N)CCCCC1. The molecule has 2 aromatic rings. The van der Waals surface area contributed by atoms with E-state index in [4.69, 9.17) is 4.74 Å². The number of nitrogens with zero attached hydrogens (tertiary/aromatic N) is 2. The van der Waals surface area contributed by atoms with Crippen LogP contribution in [0.3, 0.4) is 0 Å². The van der Waals surface area contributed by atoms with Crippen LogP contribution in [0.2, 0.25) is 0 Å². The highest BCUT2D eigenvalue weighted by atomic mass is 16.5. The average molecular weight is 391 g/mol.